The van der Waals surface area contributed by atoms with E-state index < -0.39 is 17.4 Å². The van der Waals surface area contributed by atoms with E-state index in [0.717, 1.165) is 0 Å². The Morgan fingerprint density at radius 1 is 1.13 bits per heavy atom. The van der Waals surface area contributed by atoms with Crippen LogP contribution in [0.5, 0.6) is 0 Å². The summed E-state index contributed by atoms with van der Waals surface area (Å²) < 4.78 is 0. The normalized spacial score (nSPS) is 14.5. The summed E-state index contributed by atoms with van der Waals surface area (Å²) in [5.41, 5.74) is 4.31. The smallest absolute Gasteiger partial charge is 0.693 e. The van der Waals surface area contributed by atoms with Crippen molar-refractivity contribution >= 4 is 11.9 Å². The molecule has 5 N–H and O–H groups in total. The molecule has 7 heteroatoms. The van der Waals surface area contributed by atoms with E-state index in [1.807, 2.05) is 0 Å². The summed E-state index contributed by atoms with van der Waals surface area (Å²) in [7, 11) is 1.25. The Labute approximate surface area is 104 Å². The van der Waals surface area contributed by atoms with Gasteiger partial charge in [-0.15, -0.1) is 0 Å². The van der Waals surface area contributed by atoms with Gasteiger partial charge in [0.1, 0.15) is 0 Å². The number of rotatable bonds is 2. The van der Waals surface area contributed by atoms with Crippen LogP contribution in [0.2, 0.25) is 0 Å². The van der Waals surface area contributed by atoms with Crippen LogP contribution in [0.25, 0.3) is 11.9 Å². The summed E-state index contributed by atoms with van der Waals surface area (Å²) in [5, 5.41) is 16.9. The SMILES string of the molecule is C.C[NH-].O=C(O)C1(C(=O)O)CCC1.[NH2-].[Pt+2]. The van der Waals surface area contributed by atoms with E-state index in [1.54, 1.807) is 0 Å². The van der Waals surface area contributed by atoms with Crippen LogP contribution in [-0.2, 0) is 30.7 Å². The summed E-state index contributed by atoms with van der Waals surface area (Å²) in [6.45, 7) is 0. The molecule has 94 valence electrons. The molecule has 0 unspecified atom stereocenters. The van der Waals surface area contributed by atoms with Gasteiger partial charge >= 0.3 is 33.0 Å². The fraction of sp³-hybridized carbons (Fsp3) is 0.750. The number of hydrogen-bond acceptors (Lipinski definition) is 2. The third-order valence-corrected chi connectivity index (χ3v) is 2.03. The molecule has 6 nitrogen and oxygen atoms in total. The molecule has 0 spiro atoms. The molecule has 0 bridgehead atoms. The maximum Gasteiger partial charge on any atom is 2.00 e. The molecule has 1 aliphatic rings. The van der Waals surface area contributed by atoms with E-state index in [2.05, 4.69) is 0 Å². The van der Waals surface area contributed by atoms with Gasteiger partial charge in [0.15, 0.2) is 5.41 Å². The maximum atomic E-state index is 10.4. The first-order valence-electron chi connectivity index (χ1n) is 3.56. The molecule has 0 aliphatic heterocycles. The monoisotopic (exact) mass is 401 g/mol. The molecule has 1 saturated carbocycles. The van der Waals surface area contributed by atoms with Gasteiger partial charge in [-0.3, -0.25) is 9.59 Å². The quantitative estimate of drug-likeness (QED) is 0.687. The number of carboxylic acids is 2. The second kappa shape index (κ2) is 10.1. The molecular formula is C8H18N2O4Pt. The van der Waals surface area contributed by atoms with Gasteiger partial charge in [-0.1, -0.05) is 7.43 Å². The Morgan fingerprint density at radius 2 is 1.40 bits per heavy atom. The topological polar surface area (TPSA) is 132 Å². The van der Waals surface area contributed by atoms with Crippen molar-refractivity contribution in [2.45, 2.75) is 26.7 Å². The van der Waals surface area contributed by atoms with Crippen LogP contribution in [0.15, 0.2) is 0 Å². The maximum absolute atomic E-state index is 10.4. The van der Waals surface area contributed by atoms with E-state index in [1.165, 1.54) is 7.05 Å². The van der Waals surface area contributed by atoms with Crippen LogP contribution in [0.3, 0.4) is 0 Å². The van der Waals surface area contributed by atoms with Crippen molar-refractivity contribution in [1.82, 2.24) is 0 Å². The molecule has 1 rings (SSSR count). The summed E-state index contributed by atoms with van der Waals surface area (Å²) in [6, 6.07) is 0. The first kappa shape index (κ1) is 24.0. The van der Waals surface area contributed by atoms with Crippen molar-refractivity contribution in [3.05, 3.63) is 11.9 Å². The standard InChI is InChI=1S/C6H8O4.CH4N.CH4.H2N.Pt/c7-4(8)6(5(9)10)2-1-3-6;1-2;;;/h1-3H2,(H,7,8)(H,9,10);2H,1H3;1H4;1H2;/q;-1;;-1;+2. The molecule has 15 heavy (non-hydrogen) atoms. The molecule has 0 aromatic heterocycles. The number of nitrogens with one attached hydrogen (secondary N) is 1. The fourth-order valence-corrected chi connectivity index (χ4v) is 1.05. The molecule has 0 radical (unpaired) electrons. The minimum Gasteiger partial charge on any atom is -0.693 e. The zero-order valence-electron chi connectivity index (χ0n) is 7.73. The van der Waals surface area contributed by atoms with Crippen molar-refractivity contribution < 1.29 is 40.9 Å². The van der Waals surface area contributed by atoms with Gasteiger partial charge in [0.25, 0.3) is 0 Å². The number of nitrogens with two attached hydrogens (primary N) is 1. The molecule has 0 heterocycles. The Kier molecular flexibility index (Phi) is 16.1. The van der Waals surface area contributed by atoms with Crippen LogP contribution in [0.1, 0.15) is 26.7 Å². The Balaban J connectivity index is -0.000000114. The number of hydrogen-bond donors (Lipinski definition) is 2. The van der Waals surface area contributed by atoms with Crippen LogP contribution >= 0.6 is 0 Å². The van der Waals surface area contributed by atoms with Crippen LogP contribution < -0.4 is 0 Å². The fourth-order valence-electron chi connectivity index (χ4n) is 1.05. The Morgan fingerprint density at radius 3 is 1.40 bits per heavy atom. The molecule has 0 aromatic rings. The first-order chi connectivity index (χ1) is 5.59. The largest absolute Gasteiger partial charge is 2.00 e. The second-order valence-corrected chi connectivity index (χ2v) is 2.55. The Hall–Kier alpha value is -0.452. The molecule has 0 atom stereocenters. The van der Waals surface area contributed by atoms with E-state index in [9.17, 15) is 9.59 Å². The van der Waals surface area contributed by atoms with Crippen molar-refractivity contribution in [2.24, 2.45) is 5.41 Å². The van der Waals surface area contributed by atoms with Crippen LogP contribution in [0.4, 0.5) is 0 Å². The average Bonchev–Trinajstić information content (AvgIpc) is 1.87. The van der Waals surface area contributed by atoms with Crippen molar-refractivity contribution in [2.75, 3.05) is 7.05 Å². The molecule has 0 aromatic carbocycles. The van der Waals surface area contributed by atoms with Gasteiger partial charge in [-0.2, -0.15) is 7.05 Å². The summed E-state index contributed by atoms with van der Waals surface area (Å²) in [4.78, 5) is 20.7. The summed E-state index contributed by atoms with van der Waals surface area (Å²) in [5.74, 6) is -2.41. The van der Waals surface area contributed by atoms with Gasteiger partial charge in [0.05, 0.1) is 0 Å². The minimum atomic E-state index is -1.44. The average molecular weight is 401 g/mol. The third-order valence-electron chi connectivity index (χ3n) is 2.03. The molecule has 1 fully saturated rings. The number of carbonyl (C=O) groups is 2. The Bertz CT molecular complexity index is 179. The van der Waals surface area contributed by atoms with Gasteiger partial charge in [-0.05, 0) is 19.3 Å². The van der Waals surface area contributed by atoms with E-state index in [4.69, 9.17) is 15.9 Å². The van der Waals surface area contributed by atoms with Crippen molar-refractivity contribution in [3.63, 3.8) is 0 Å². The zero-order chi connectivity index (χ0) is 9.78. The first-order valence-corrected chi connectivity index (χ1v) is 3.56. The van der Waals surface area contributed by atoms with Gasteiger partial charge in [0.2, 0.25) is 0 Å². The van der Waals surface area contributed by atoms with Gasteiger partial charge in [-0.25, -0.2) is 0 Å². The molecule has 0 amide bonds. The molecule has 1 aliphatic carbocycles. The summed E-state index contributed by atoms with van der Waals surface area (Å²) >= 11 is 0. The molecular weight excluding hydrogens is 383 g/mol. The number of aliphatic carboxylic acids is 2. The minimum absolute atomic E-state index is 0. The van der Waals surface area contributed by atoms with E-state index >= 15 is 0 Å². The second-order valence-electron chi connectivity index (χ2n) is 2.55. The van der Waals surface area contributed by atoms with Gasteiger partial charge < -0.3 is 22.1 Å². The predicted molar refractivity (Wildman–Crippen MR) is 53.8 cm³/mol. The van der Waals surface area contributed by atoms with E-state index in [-0.39, 0.29) is 47.5 Å². The third kappa shape index (κ3) is 4.73. The van der Waals surface area contributed by atoms with Crippen LogP contribution in [-0.4, -0.2) is 29.2 Å². The summed E-state index contributed by atoms with van der Waals surface area (Å²) in [6.07, 6.45) is 1.26. The van der Waals surface area contributed by atoms with Crippen molar-refractivity contribution in [3.8, 4) is 0 Å². The molecule has 0 saturated heterocycles. The number of carboxylic acid groups (broad SMARTS) is 2. The van der Waals surface area contributed by atoms with E-state index in [0.29, 0.717) is 6.42 Å². The predicted octanol–water partition coefficient (Wildman–Crippen LogP) is 2.34. The van der Waals surface area contributed by atoms with Crippen molar-refractivity contribution in [1.29, 1.82) is 0 Å². The zero-order valence-corrected chi connectivity index (χ0v) is 10.00. The van der Waals surface area contributed by atoms with Gasteiger partial charge in [0, 0.05) is 0 Å². The van der Waals surface area contributed by atoms with Crippen LogP contribution in [0, 0.1) is 5.41 Å².